The largest absolute Gasteiger partial charge is 0.856 e. The second-order valence-electron chi connectivity index (χ2n) is 8.69. The Morgan fingerprint density at radius 3 is 2.44 bits per heavy atom. The monoisotopic (exact) mass is 601 g/mol. The lowest BCUT2D eigenvalue weighted by atomic mass is 10.0. The summed E-state index contributed by atoms with van der Waals surface area (Å²) >= 11 is 0. The minimum atomic E-state index is -4.91. The third kappa shape index (κ3) is 6.87. The molecule has 0 spiro atoms. The molecule has 0 saturated heterocycles. The van der Waals surface area contributed by atoms with E-state index in [1.54, 1.807) is 10.9 Å². The average molecular weight is 601 g/mol. The van der Waals surface area contributed by atoms with Crippen LogP contribution in [0.1, 0.15) is 5.56 Å². The van der Waals surface area contributed by atoms with E-state index in [2.05, 4.69) is 19.3 Å². The van der Waals surface area contributed by atoms with Crippen molar-refractivity contribution in [3.8, 4) is 17.0 Å². The number of imidazole rings is 2. The number of anilines is 1. The number of fused-ring (bicyclic) bond motifs is 1. The van der Waals surface area contributed by atoms with Crippen LogP contribution in [0.25, 0.3) is 22.3 Å². The number of nitrogens with two attached hydrogens (primary N) is 1. The summed E-state index contributed by atoms with van der Waals surface area (Å²) in [5.41, 5.74) is 9.23. The van der Waals surface area contributed by atoms with Crippen molar-refractivity contribution in [1.82, 2.24) is 23.9 Å². The first-order chi connectivity index (χ1) is 19.6. The fourth-order valence-corrected chi connectivity index (χ4v) is 6.32. The Hall–Kier alpha value is -3.94. The van der Waals surface area contributed by atoms with Crippen LogP contribution < -0.4 is 15.4 Å². The van der Waals surface area contributed by atoms with E-state index in [0.29, 0.717) is 10.9 Å². The van der Waals surface area contributed by atoms with Crippen molar-refractivity contribution in [2.24, 2.45) is 0 Å². The standard InChI is InChI=1S/C24H25N7O8P2/c25-24-27-22-21(23(32)28-24)29(14-18-6-8-20(9-7-18)19-4-2-1-3-5-19)16-30(22)17-37-12-13-38-41(35,36)39-40(33,34)31-11-10-26-15-31/h1-11,15-16H,12-14,17H2,(H4-,25,27,28,32,33,34,35,36). The first-order valence-corrected chi connectivity index (χ1v) is 15.1. The van der Waals surface area contributed by atoms with Crippen molar-refractivity contribution in [3.05, 3.63) is 85.2 Å². The fraction of sp³-hybridized carbons (Fsp3) is 0.167. The van der Waals surface area contributed by atoms with Crippen molar-refractivity contribution in [2.45, 2.75) is 13.3 Å². The molecule has 15 nitrogen and oxygen atoms in total. The van der Waals surface area contributed by atoms with Crippen molar-refractivity contribution >= 4 is 32.7 Å². The van der Waals surface area contributed by atoms with Gasteiger partial charge in [-0.2, -0.15) is 4.31 Å². The molecule has 0 fully saturated rings. The molecule has 2 aromatic carbocycles. The number of nitrogens with zero attached hydrogens (tertiary/aromatic N) is 6. The summed E-state index contributed by atoms with van der Waals surface area (Å²) in [4.78, 5) is 31.2. The highest BCUT2D eigenvalue weighted by Gasteiger charge is 2.35. The number of ether oxygens (including phenoxy) is 1. The van der Waals surface area contributed by atoms with Gasteiger partial charge in [0.1, 0.15) is 6.33 Å². The summed E-state index contributed by atoms with van der Waals surface area (Å²) in [6.45, 7) is -0.443. The molecule has 3 heterocycles. The molecule has 0 aliphatic rings. The number of aromatic nitrogens is 6. The number of phosphoric ester groups is 1. The molecule has 0 amide bonds. The van der Waals surface area contributed by atoms with Crippen molar-refractivity contribution in [2.75, 3.05) is 18.9 Å². The zero-order chi connectivity index (χ0) is 29.0. The Labute approximate surface area is 233 Å². The zero-order valence-corrected chi connectivity index (χ0v) is 23.1. The van der Waals surface area contributed by atoms with Crippen LogP contribution in [-0.2, 0) is 36.0 Å². The molecule has 2 unspecified atom stereocenters. The highest BCUT2D eigenvalue weighted by Crippen LogP contribution is 2.60. The summed E-state index contributed by atoms with van der Waals surface area (Å²) in [5, 5.41) is 12.7. The Balaban J connectivity index is 1.23. The Bertz CT molecular complexity index is 1730. The first-order valence-electron chi connectivity index (χ1n) is 12.1. The van der Waals surface area contributed by atoms with Gasteiger partial charge in [-0.25, -0.2) is 28.0 Å². The van der Waals surface area contributed by atoms with Gasteiger partial charge in [0.2, 0.25) is 0 Å². The number of hydrogen-bond donors (Lipinski definition) is 3. The van der Waals surface area contributed by atoms with Crippen LogP contribution in [0.15, 0.2) is 79.6 Å². The van der Waals surface area contributed by atoms with E-state index < -0.39 is 28.1 Å². The number of benzene rings is 2. The third-order valence-electron chi connectivity index (χ3n) is 5.81. The molecular formula is C24H25N7O8P2. The Kier molecular flexibility index (Phi) is 8.29. The summed E-state index contributed by atoms with van der Waals surface area (Å²) < 4.78 is 42.7. The molecule has 2 atom stereocenters. The molecule has 0 aliphatic carbocycles. The quantitative estimate of drug-likeness (QED) is 0.107. The van der Waals surface area contributed by atoms with Gasteiger partial charge in [0.25, 0.3) is 5.95 Å². The highest BCUT2D eigenvalue weighted by molar-refractivity contribution is 7.63. The van der Waals surface area contributed by atoms with Crippen LogP contribution in [-0.4, -0.2) is 46.9 Å². The maximum Gasteiger partial charge on any atom is 0.480 e. The molecule has 0 radical (unpaired) electrons. The molecule has 0 aliphatic heterocycles. The summed E-state index contributed by atoms with van der Waals surface area (Å²) in [6, 6.07) is 17.8. The summed E-state index contributed by atoms with van der Waals surface area (Å²) in [6.07, 6.45) is 4.88. The van der Waals surface area contributed by atoms with E-state index in [1.807, 2.05) is 54.6 Å². The molecule has 3 aromatic heterocycles. The number of phosphoric acid groups is 1. The van der Waals surface area contributed by atoms with Gasteiger partial charge < -0.3 is 25.4 Å². The maximum absolute atomic E-state index is 12.7. The number of nitrogen functional groups attached to an aromatic ring is 1. The minimum Gasteiger partial charge on any atom is -0.856 e. The van der Waals surface area contributed by atoms with Crippen LogP contribution in [0.3, 0.4) is 0 Å². The van der Waals surface area contributed by atoms with Gasteiger partial charge in [0, 0.05) is 18.3 Å². The highest BCUT2D eigenvalue weighted by atomic mass is 31.3. The van der Waals surface area contributed by atoms with Gasteiger partial charge in [-0.3, -0.25) is 9.09 Å². The van der Waals surface area contributed by atoms with Gasteiger partial charge in [-0.1, -0.05) is 59.6 Å². The Morgan fingerprint density at radius 1 is 1.00 bits per heavy atom. The molecule has 0 bridgehead atoms. The van der Waals surface area contributed by atoms with Crippen LogP contribution >= 0.6 is 15.6 Å². The lowest BCUT2D eigenvalue weighted by Crippen LogP contribution is -2.35. The van der Waals surface area contributed by atoms with Gasteiger partial charge in [0.15, 0.2) is 18.6 Å². The van der Waals surface area contributed by atoms with Crippen LogP contribution in [0.4, 0.5) is 5.95 Å². The smallest absolute Gasteiger partial charge is 0.480 e. The van der Waals surface area contributed by atoms with E-state index in [1.165, 1.54) is 10.8 Å². The van der Waals surface area contributed by atoms with E-state index in [0.717, 1.165) is 29.2 Å². The van der Waals surface area contributed by atoms with Gasteiger partial charge >= 0.3 is 21.2 Å². The van der Waals surface area contributed by atoms with Gasteiger partial charge in [-0.15, -0.1) is 0 Å². The number of hydrogen-bond acceptors (Lipinski definition) is 10. The zero-order valence-electron chi connectivity index (χ0n) is 21.3. The molecule has 214 valence electrons. The third-order valence-corrected chi connectivity index (χ3v) is 8.81. The van der Waals surface area contributed by atoms with E-state index in [-0.39, 0.29) is 30.4 Å². The normalized spacial score (nSPS) is 14.6. The Morgan fingerprint density at radius 2 is 1.73 bits per heavy atom. The molecule has 5 rings (SSSR count). The molecule has 17 heteroatoms. The SMILES string of the molecule is Nc1nc([O-])c2c(n1)[n+](COCCOP(=O)(O)OP(=O)(O)n1ccnc1)cn2Cc1ccc(-c2ccccc2)cc1. The van der Waals surface area contributed by atoms with Crippen molar-refractivity contribution < 1.29 is 42.2 Å². The second kappa shape index (κ2) is 11.9. The van der Waals surface area contributed by atoms with Crippen LogP contribution in [0, 0.1) is 0 Å². The minimum absolute atomic E-state index is 0.125. The van der Waals surface area contributed by atoms with Crippen LogP contribution in [0.2, 0.25) is 0 Å². The fourth-order valence-electron chi connectivity index (χ4n) is 3.99. The average Bonchev–Trinajstić information content (AvgIpc) is 3.59. The molecule has 41 heavy (non-hydrogen) atoms. The first kappa shape index (κ1) is 28.6. The molecule has 5 aromatic rings. The summed E-state index contributed by atoms with van der Waals surface area (Å²) in [7, 11) is -9.60. The lowest BCUT2D eigenvalue weighted by molar-refractivity contribution is -0.711. The maximum atomic E-state index is 12.7. The molecule has 4 N–H and O–H groups in total. The van der Waals surface area contributed by atoms with E-state index in [4.69, 9.17) is 15.0 Å². The summed E-state index contributed by atoms with van der Waals surface area (Å²) in [5.74, 6) is -0.755. The second-order valence-corrected chi connectivity index (χ2v) is 12.0. The predicted octanol–water partition coefficient (Wildman–Crippen LogP) is 2.04. The van der Waals surface area contributed by atoms with Crippen LogP contribution in [0.5, 0.6) is 5.88 Å². The van der Waals surface area contributed by atoms with Gasteiger partial charge in [-0.05, 0) is 16.7 Å². The van der Waals surface area contributed by atoms with Crippen molar-refractivity contribution in [3.63, 3.8) is 0 Å². The van der Waals surface area contributed by atoms with Crippen molar-refractivity contribution in [1.29, 1.82) is 0 Å². The van der Waals surface area contributed by atoms with E-state index in [9.17, 15) is 24.0 Å². The molecule has 0 saturated carbocycles. The van der Waals surface area contributed by atoms with Gasteiger partial charge in [0.05, 0.1) is 19.8 Å². The van der Waals surface area contributed by atoms with E-state index >= 15 is 0 Å². The predicted molar refractivity (Wildman–Crippen MR) is 143 cm³/mol. The molecular weight excluding hydrogens is 576 g/mol. The number of rotatable bonds is 12. The topological polar surface area (TPSA) is 204 Å². The lowest BCUT2D eigenvalue weighted by Gasteiger charge is -2.16.